The number of Topliss-reactive ketones (excluding diaryl/α,β-unsaturated/α-hetero) is 1. The second-order valence-electron chi connectivity index (χ2n) is 8.39. The van der Waals surface area contributed by atoms with Crippen LogP contribution >= 0.6 is 23.2 Å². The smallest absolute Gasteiger partial charge is 0.170 e. The summed E-state index contributed by atoms with van der Waals surface area (Å²) in [7, 11) is 0. The first-order valence-electron chi connectivity index (χ1n) is 10.5. The van der Waals surface area contributed by atoms with Gasteiger partial charge in [0.05, 0.1) is 5.92 Å². The second-order valence-corrected chi connectivity index (χ2v) is 9.26. The maximum Gasteiger partial charge on any atom is 0.170 e. The molecular formula is C24H27Cl2NO2. The third-order valence-corrected chi connectivity index (χ3v) is 7.16. The van der Waals surface area contributed by atoms with Crippen molar-refractivity contribution in [2.24, 2.45) is 5.92 Å². The summed E-state index contributed by atoms with van der Waals surface area (Å²) in [6, 6.07) is 14.8. The van der Waals surface area contributed by atoms with Crippen molar-refractivity contribution in [1.29, 1.82) is 0 Å². The molecule has 4 rings (SSSR count). The molecule has 0 bridgehead atoms. The number of halogens is 2. The van der Waals surface area contributed by atoms with Gasteiger partial charge in [0.2, 0.25) is 0 Å². The van der Waals surface area contributed by atoms with Crippen LogP contribution in [0.1, 0.15) is 54.4 Å². The summed E-state index contributed by atoms with van der Waals surface area (Å²) in [5.74, 6) is -0.555. The summed E-state index contributed by atoms with van der Waals surface area (Å²) in [5, 5.41) is 13.0. The minimum atomic E-state index is -1.20. The van der Waals surface area contributed by atoms with Crippen molar-refractivity contribution in [2.45, 2.75) is 50.2 Å². The number of hydrogen-bond donors (Lipinski definition) is 1. The molecule has 0 unspecified atom stereocenters. The fourth-order valence-corrected chi connectivity index (χ4v) is 5.19. The zero-order valence-corrected chi connectivity index (χ0v) is 18.0. The van der Waals surface area contributed by atoms with Crippen molar-refractivity contribution in [3.05, 3.63) is 69.7 Å². The van der Waals surface area contributed by atoms with Crippen LogP contribution in [0.2, 0.25) is 10.0 Å². The highest BCUT2D eigenvalue weighted by atomic mass is 35.5. The molecule has 2 aliphatic rings. The van der Waals surface area contributed by atoms with Crippen LogP contribution in [-0.4, -0.2) is 34.9 Å². The van der Waals surface area contributed by atoms with Gasteiger partial charge in [0.25, 0.3) is 0 Å². The van der Waals surface area contributed by atoms with Crippen LogP contribution in [0.3, 0.4) is 0 Å². The van der Waals surface area contributed by atoms with E-state index in [1.54, 1.807) is 36.4 Å². The van der Waals surface area contributed by atoms with Gasteiger partial charge in [-0.3, -0.25) is 9.69 Å². The Kier molecular flexibility index (Phi) is 6.31. The number of carbonyl (C=O) groups excluding carboxylic acids is 1. The fourth-order valence-electron chi connectivity index (χ4n) is 4.94. The van der Waals surface area contributed by atoms with E-state index in [-0.39, 0.29) is 5.78 Å². The molecule has 154 valence electrons. The zero-order chi connectivity index (χ0) is 20.4. The number of nitrogens with zero attached hydrogens (tertiary/aromatic N) is 1. The lowest BCUT2D eigenvalue weighted by molar-refractivity contribution is -0.0749. The molecule has 2 aromatic rings. The van der Waals surface area contributed by atoms with Gasteiger partial charge >= 0.3 is 0 Å². The minimum Gasteiger partial charge on any atom is -0.384 e. The highest BCUT2D eigenvalue weighted by molar-refractivity contribution is 6.30. The third kappa shape index (κ3) is 4.39. The van der Waals surface area contributed by atoms with Crippen molar-refractivity contribution >= 4 is 29.0 Å². The Labute approximate surface area is 182 Å². The first kappa shape index (κ1) is 20.9. The minimum absolute atomic E-state index is 0.0281. The molecule has 0 amide bonds. The van der Waals surface area contributed by atoms with Gasteiger partial charge in [-0.15, -0.1) is 0 Å². The lowest BCUT2D eigenvalue weighted by atomic mass is 9.72. The van der Waals surface area contributed by atoms with Crippen molar-refractivity contribution < 1.29 is 9.90 Å². The van der Waals surface area contributed by atoms with E-state index < -0.39 is 11.5 Å². The number of carbonyl (C=O) groups is 1. The standard InChI is InChI=1S/C24H27Cl2NO2/c25-19-10-6-17(7-11-19)23(28)22-16-27(21-4-2-1-3-5-21)15-14-24(22,29)18-8-12-20(26)13-9-18/h6-13,21-22,29H,1-5,14-16H2/t22-,24-/m1/s1. The molecule has 3 nitrogen and oxygen atoms in total. The van der Waals surface area contributed by atoms with Gasteiger partial charge in [0.15, 0.2) is 5.78 Å². The summed E-state index contributed by atoms with van der Waals surface area (Å²) >= 11 is 12.1. The number of ketones is 1. The van der Waals surface area contributed by atoms with E-state index in [1.807, 2.05) is 12.1 Å². The Hall–Kier alpha value is -1.39. The van der Waals surface area contributed by atoms with Crippen LogP contribution in [-0.2, 0) is 5.60 Å². The van der Waals surface area contributed by atoms with Gasteiger partial charge in [-0.25, -0.2) is 0 Å². The lowest BCUT2D eigenvalue weighted by Crippen LogP contribution is -2.55. The molecule has 2 fully saturated rings. The van der Waals surface area contributed by atoms with Crippen LogP contribution in [0.25, 0.3) is 0 Å². The molecule has 1 aliphatic heterocycles. The number of rotatable bonds is 4. The molecule has 0 radical (unpaired) electrons. The zero-order valence-electron chi connectivity index (χ0n) is 16.5. The molecular weight excluding hydrogens is 405 g/mol. The van der Waals surface area contributed by atoms with Gasteiger partial charge < -0.3 is 5.11 Å². The molecule has 5 heteroatoms. The van der Waals surface area contributed by atoms with E-state index in [2.05, 4.69) is 4.90 Å². The van der Waals surface area contributed by atoms with Crippen LogP contribution in [0.5, 0.6) is 0 Å². The topological polar surface area (TPSA) is 40.5 Å². The number of piperidine rings is 1. The predicted octanol–water partition coefficient (Wildman–Crippen LogP) is 5.72. The van der Waals surface area contributed by atoms with Crippen molar-refractivity contribution in [2.75, 3.05) is 13.1 Å². The molecule has 1 aliphatic carbocycles. The Morgan fingerprint density at radius 2 is 1.52 bits per heavy atom. The second kappa shape index (κ2) is 8.77. The Bertz CT molecular complexity index is 846. The molecule has 2 aromatic carbocycles. The van der Waals surface area contributed by atoms with Gasteiger partial charge in [-0.05, 0) is 61.2 Å². The molecule has 1 N–H and O–H groups in total. The SMILES string of the molecule is O=C(c1ccc(Cl)cc1)[C@H]1CN(C2CCCCC2)CC[C@@]1(O)c1ccc(Cl)cc1. The first-order valence-corrected chi connectivity index (χ1v) is 11.3. The van der Waals surface area contributed by atoms with Crippen LogP contribution in [0.4, 0.5) is 0 Å². The third-order valence-electron chi connectivity index (χ3n) is 6.65. The average Bonchev–Trinajstić information content (AvgIpc) is 2.75. The van der Waals surface area contributed by atoms with Gasteiger partial charge in [-0.1, -0.05) is 54.6 Å². The van der Waals surface area contributed by atoms with Crippen LogP contribution < -0.4 is 0 Å². The van der Waals surface area contributed by atoms with Gasteiger partial charge in [0, 0.05) is 34.7 Å². The van der Waals surface area contributed by atoms with Gasteiger partial charge in [0.1, 0.15) is 5.60 Å². The summed E-state index contributed by atoms with van der Waals surface area (Å²) in [5.41, 5.74) is 0.154. The maximum absolute atomic E-state index is 13.5. The molecule has 29 heavy (non-hydrogen) atoms. The number of likely N-dealkylation sites (tertiary alicyclic amines) is 1. The van der Waals surface area contributed by atoms with E-state index >= 15 is 0 Å². The number of hydrogen-bond acceptors (Lipinski definition) is 3. The first-order chi connectivity index (χ1) is 14.0. The summed E-state index contributed by atoms with van der Waals surface area (Å²) < 4.78 is 0. The van der Waals surface area contributed by atoms with E-state index in [9.17, 15) is 9.90 Å². The molecule has 1 heterocycles. The van der Waals surface area contributed by atoms with Crippen LogP contribution in [0.15, 0.2) is 48.5 Å². The largest absolute Gasteiger partial charge is 0.384 e. The maximum atomic E-state index is 13.5. The lowest BCUT2D eigenvalue weighted by Gasteiger charge is -2.47. The number of aliphatic hydroxyl groups is 1. The average molecular weight is 432 g/mol. The van der Waals surface area contributed by atoms with Crippen LogP contribution in [0, 0.1) is 5.92 Å². The monoisotopic (exact) mass is 431 g/mol. The van der Waals surface area contributed by atoms with E-state index in [4.69, 9.17) is 23.2 Å². The predicted molar refractivity (Wildman–Crippen MR) is 118 cm³/mol. The van der Waals surface area contributed by atoms with E-state index in [1.165, 1.54) is 32.1 Å². The Morgan fingerprint density at radius 3 is 2.14 bits per heavy atom. The van der Waals surface area contributed by atoms with E-state index in [0.717, 1.165) is 12.1 Å². The Morgan fingerprint density at radius 1 is 0.931 bits per heavy atom. The Balaban J connectivity index is 1.67. The summed E-state index contributed by atoms with van der Waals surface area (Å²) in [4.78, 5) is 16.0. The summed E-state index contributed by atoms with van der Waals surface area (Å²) in [6.45, 7) is 1.37. The van der Waals surface area contributed by atoms with Gasteiger partial charge in [-0.2, -0.15) is 0 Å². The fraction of sp³-hybridized carbons (Fsp3) is 0.458. The molecule has 1 saturated heterocycles. The summed E-state index contributed by atoms with van der Waals surface area (Å²) in [6.07, 6.45) is 6.70. The molecule has 0 spiro atoms. The highest BCUT2D eigenvalue weighted by Gasteiger charge is 2.47. The molecule has 2 atom stereocenters. The van der Waals surface area contributed by atoms with Crippen molar-refractivity contribution in [3.63, 3.8) is 0 Å². The molecule has 1 saturated carbocycles. The van der Waals surface area contributed by atoms with Crippen molar-refractivity contribution in [3.8, 4) is 0 Å². The molecule has 0 aromatic heterocycles. The van der Waals surface area contributed by atoms with Crippen molar-refractivity contribution in [1.82, 2.24) is 4.90 Å². The number of benzene rings is 2. The normalized spacial score (nSPS) is 26.4. The highest BCUT2D eigenvalue weighted by Crippen LogP contribution is 2.41. The van der Waals surface area contributed by atoms with E-state index in [0.29, 0.717) is 34.6 Å². The quantitative estimate of drug-likeness (QED) is 0.629.